The molecule has 2 rings (SSSR count). The molecular weight excluding hydrogens is 174 g/mol. The van der Waals surface area contributed by atoms with Crippen molar-refractivity contribution in [3.05, 3.63) is 29.3 Å². The van der Waals surface area contributed by atoms with Gasteiger partial charge in [0.15, 0.2) is 0 Å². The Kier molecular flexibility index (Phi) is 2.28. The van der Waals surface area contributed by atoms with Gasteiger partial charge in [0.25, 0.3) is 0 Å². The van der Waals surface area contributed by atoms with E-state index >= 15 is 0 Å². The SMILES string of the molecule is CC(C)c1cccc2c1NC(=O)CC2. The van der Waals surface area contributed by atoms with E-state index in [1.807, 2.05) is 0 Å². The van der Waals surface area contributed by atoms with E-state index in [4.69, 9.17) is 0 Å². The molecule has 74 valence electrons. The van der Waals surface area contributed by atoms with Crippen molar-refractivity contribution in [1.82, 2.24) is 0 Å². The minimum Gasteiger partial charge on any atom is -0.326 e. The molecule has 0 saturated carbocycles. The van der Waals surface area contributed by atoms with Crippen molar-refractivity contribution < 1.29 is 4.79 Å². The molecule has 0 aromatic heterocycles. The second-order valence-corrected chi connectivity index (χ2v) is 4.08. The zero-order valence-electron chi connectivity index (χ0n) is 8.63. The lowest BCUT2D eigenvalue weighted by molar-refractivity contribution is -0.116. The number of hydrogen-bond donors (Lipinski definition) is 1. The molecule has 1 aromatic carbocycles. The number of rotatable bonds is 1. The topological polar surface area (TPSA) is 29.1 Å². The van der Waals surface area contributed by atoms with Crippen LogP contribution in [0.3, 0.4) is 0 Å². The van der Waals surface area contributed by atoms with Crippen molar-refractivity contribution in [1.29, 1.82) is 0 Å². The van der Waals surface area contributed by atoms with Crippen molar-refractivity contribution in [3.63, 3.8) is 0 Å². The molecule has 1 aliphatic heterocycles. The first kappa shape index (κ1) is 9.25. The standard InChI is InChI=1S/C12H15NO/c1-8(2)10-5-3-4-9-6-7-11(14)13-12(9)10/h3-5,8H,6-7H2,1-2H3,(H,13,14). The highest BCUT2D eigenvalue weighted by atomic mass is 16.1. The Hall–Kier alpha value is -1.31. The first-order chi connectivity index (χ1) is 6.68. The predicted octanol–water partition coefficient (Wildman–Crippen LogP) is 2.69. The largest absolute Gasteiger partial charge is 0.326 e. The Bertz CT molecular complexity index is 369. The van der Waals surface area contributed by atoms with E-state index in [2.05, 4.69) is 37.4 Å². The third-order valence-corrected chi connectivity index (χ3v) is 2.69. The number of anilines is 1. The molecule has 0 spiro atoms. The van der Waals surface area contributed by atoms with Crippen LogP contribution in [0, 0.1) is 0 Å². The predicted molar refractivity (Wildman–Crippen MR) is 57.5 cm³/mol. The molecule has 0 aliphatic carbocycles. The van der Waals surface area contributed by atoms with Crippen molar-refractivity contribution in [2.24, 2.45) is 0 Å². The summed E-state index contributed by atoms with van der Waals surface area (Å²) in [6.45, 7) is 4.30. The third kappa shape index (κ3) is 1.52. The summed E-state index contributed by atoms with van der Waals surface area (Å²) in [6, 6.07) is 6.27. The van der Waals surface area contributed by atoms with Crippen LogP contribution >= 0.6 is 0 Å². The molecular formula is C12H15NO. The van der Waals surface area contributed by atoms with E-state index in [0.717, 1.165) is 12.1 Å². The molecule has 0 bridgehead atoms. The highest BCUT2D eigenvalue weighted by molar-refractivity contribution is 5.94. The third-order valence-electron chi connectivity index (χ3n) is 2.69. The first-order valence-corrected chi connectivity index (χ1v) is 5.10. The fourth-order valence-electron chi connectivity index (χ4n) is 1.91. The van der Waals surface area contributed by atoms with Gasteiger partial charge in [0.2, 0.25) is 5.91 Å². The Morgan fingerprint density at radius 1 is 1.29 bits per heavy atom. The lowest BCUT2D eigenvalue weighted by Gasteiger charge is -2.21. The van der Waals surface area contributed by atoms with E-state index < -0.39 is 0 Å². The number of para-hydroxylation sites is 1. The number of nitrogens with one attached hydrogen (secondary N) is 1. The maximum atomic E-state index is 11.3. The molecule has 1 N–H and O–H groups in total. The highest BCUT2D eigenvalue weighted by Gasteiger charge is 2.18. The van der Waals surface area contributed by atoms with E-state index in [9.17, 15) is 4.79 Å². The van der Waals surface area contributed by atoms with Gasteiger partial charge >= 0.3 is 0 Å². The fourth-order valence-corrected chi connectivity index (χ4v) is 1.91. The maximum Gasteiger partial charge on any atom is 0.224 e. The summed E-state index contributed by atoms with van der Waals surface area (Å²) in [4.78, 5) is 11.3. The Labute approximate surface area is 84.3 Å². The van der Waals surface area contributed by atoms with E-state index in [-0.39, 0.29) is 5.91 Å². The average molecular weight is 189 g/mol. The maximum absolute atomic E-state index is 11.3. The molecule has 14 heavy (non-hydrogen) atoms. The number of fused-ring (bicyclic) bond motifs is 1. The zero-order valence-corrected chi connectivity index (χ0v) is 8.63. The second kappa shape index (κ2) is 3.45. The van der Waals surface area contributed by atoms with E-state index in [1.54, 1.807) is 0 Å². The van der Waals surface area contributed by atoms with Gasteiger partial charge in [0, 0.05) is 12.1 Å². The summed E-state index contributed by atoms with van der Waals surface area (Å²) in [6.07, 6.45) is 1.50. The summed E-state index contributed by atoms with van der Waals surface area (Å²) < 4.78 is 0. The molecule has 1 aliphatic rings. The Balaban J connectivity index is 2.48. The van der Waals surface area contributed by atoms with Crippen LogP contribution in [0.2, 0.25) is 0 Å². The number of hydrogen-bond acceptors (Lipinski definition) is 1. The van der Waals surface area contributed by atoms with Crippen LogP contribution in [0.25, 0.3) is 0 Å². The van der Waals surface area contributed by atoms with Gasteiger partial charge < -0.3 is 5.32 Å². The van der Waals surface area contributed by atoms with Crippen molar-refractivity contribution in [3.8, 4) is 0 Å². The van der Waals surface area contributed by atoms with Crippen LogP contribution in [0.4, 0.5) is 5.69 Å². The van der Waals surface area contributed by atoms with Gasteiger partial charge in [-0.2, -0.15) is 0 Å². The summed E-state index contributed by atoms with van der Waals surface area (Å²) >= 11 is 0. The molecule has 0 fully saturated rings. The molecule has 0 atom stereocenters. The van der Waals surface area contributed by atoms with Crippen molar-refractivity contribution in [2.75, 3.05) is 5.32 Å². The number of aryl methyl sites for hydroxylation is 1. The van der Waals surface area contributed by atoms with Gasteiger partial charge in [-0.1, -0.05) is 32.0 Å². The van der Waals surface area contributed by atoms with Gasteiger partial charge in [0.05, 0.1) is 0 Å². The Morgan fingerprint density at radius 3 is 2.79 bits per heavy atom. The van der Waals surface area contributed by atoms with Crippen LogP contribution in [0.15, 0.2) is 18.2 Å². The number of carbonyl (C=O) groups excluding carboxylic acids is 1. The van der Waals surface area contributed by atoms with Crippen molar-refractivity contribution in [2.45, 2.75) is 32.6 Å². The average Bonchev–Trinajstić information content (AvgIpc) is 2.16. The van der Waals surface area contributed by atoms with Crippen LogP contribution in [0.1, 0.15) is 37.3 Å². The molecule has 0 radical (unpaired) electrons. The van der Waals surface area contributed by atoms with Crippen molar-refractivity contribution >= 4 is 11.6 Å². The van der Waals surface area contributed by atoms with Gasteiger partial charge in [0.1, 0.15) is 0 Å². The van der Waals surface area contributed by atoms with Crippen LogP contribution < -0.4 is 5.32 Å². The van der Waals surface area contributed by atoms with Crippen LogP contribution in [-0.2, 0) is 11.2 Å². The molecule has 2 heteroatoms. The lowest BCUT2D eigenvalue weighted by atomic mass is 9.93. The van der Waals surface area contributed by atoms with Gasteiger partial charge in [-0.15, -0.1) is 0 Å². The number of carbonyl (C=O) groups is 1. The summed E-state index contributed by atoms with van der Waals surface area (Å²) in [5.41, 5.74) is 3.57. The smallest absolute Gasteiger partial charge is 0.224 e. The monoisotopic (exact) mass is 189 g/mol. The fraction of sp³-hybridized carbons (Fsp3) is 0.417. The van der Waals surface area contributed by atoms with Gasteiger partial charge in [-0.3, -0.25) is 4.79 Å². The van der Waals surface area contributed by atoms with Gasteiger partial charge in [-0.05, 0) is 23.5 Å². The first-order valence-electron chi connectivity index (χ1n) is 5.10. The quantitative estimate of drug-likeness (QED) is 0.723. The highest BCUT2D eigenvalue weighted by Crippen LogP contribution is 2.31. The number of benzene rings is 1. The molecule has 0 unspecified atom stereocenters. The lowest BCUT2D eigenvalue weighted by Crippen LogP contribution is -2.20. The normalized spacial score (nSPS) is 15.2. The van der Waals surface area contributed by atoms with E-state index in [0.29, 0.717) is 12.3 Å². The molecule has 1 aromatic rings. The van der Waals surface area contributed by atoms with E-state index in [1.165, 1.54) is 11.1 Å². The van der Waals surface area contributed by atoms with Crippen LogP contribution in [-0.4, -0.2) is 5.91 Å². The minimum absolute atomic E-state index is 0.144. The summed E-state index contributed by atoms with van der Waals surface area (Å²) in [5.74, 6) is 0.606. The summed E-state index contributed by atoms with van der Waals surface area (Å²) in [5, 5.41) is 2.97. The second-order valence-electron chi connectivity index (χ2n) is 4.08. The van der Waals surface area contributed by atoms with Crippen LogP contribution in [0.5, 0.6) is 0 Å². The summed E-state index contributed by atoms with van der Waals surface area (Å²) in [7, 11) is 0. The molecule has 0 saturated heterocycles. The number of amides is 1. The molecule has 1 amide bonds. The molecule has 1 heterocycles. The van der Waals surface area contributed by atoms with Gasteiger partial charge in [-0.25, -0.2) is 0 Å². The molecule has 2 nitrogen and oxygen atoms in total. The Morgan fingerprint density at radius 2 is 2.07 bits per heavy atom. The minimum atomic E-state index is 0.144. The zero-order chi connectivity index (χ0) is 10.1.